The number of halogens is 1. The van der Waals surface area contributed by atoms with Crippen molar-refractivity contribution in [3.05, 3.63) is 20.8 Å². The smallest absolute Gasteiger partial charge is 0.0594 e. The van der Waals surface area contributed by atoms with Crippen LogP contribution in [0.5, 0.6) is 0 Å². The highest BCUT2D eigenvalue weighted by atomic mass is 79.9. The lowest BCUT2D eigenvalue weighted by atomic mass is 10.3. The summed E-state index contributed by atoms with van der Waals surface area (Å²) in [4.78, 5) is 1.35. The van der Waals surface area contributed by atoms with Crippen molar-refractivity contribution in [2.24, 2.45) is 0 Å². The minimum absolute atomic E-state index is 0.315. The molecular weight excluding hydrogens is 274 g/mol. The Morgan fingerprint density at radius 1 is 1.47 bits per heavy atom. The van der Waals surface area contributed by atoms with E-state index in [2.05, 4.69) is 53.5 Å². The summed E-state index contributed by atoms with van der Waals surface area (Å²) in [6.07, 6.45) is 0.315. The van der Waals surface area contributed by atoms with E-state index in [9.17, 15) is 0 Å². The maximum absolute atomic E-state index is 5.47. The van der Waals surface area contributed by atoms with E-state index in [4.69, 9.17) is 4.74 Å². The maximum atomic E-state index is 5.47. The van der Waals surface area contributed by atoms with Crippen LogP contribution in [0.3, 0.4) is 0 Å². The first-order valence-corrected chi connectivity index (χ1v) is 6.86. The molecule has 1 unspecified atom stereocenters. The third-order valence-corrected chi connectivity index (χ3v) is 4.10. The fraction of sp³-hybridized carbons (Fsp3) is 0.636. The molecule has 0 amide bonds. The van der Waals surface area contributed by atoms with Crippen molar-refractivity contribution < 1.29 is 4.74 Å². The highest BCUT2D eigenvalue weighted by Gasteiger charge is 2.09. The Kier molecular flexibility index (Phi) is 5.82. The number of hydrogen-bond acceptors (Lipinski definition) is 3. The minimum atomic E-state index is 0.315. The van der Waals surface area contributed by atoms with Gasteiger partial charge in [0.2, 0.25) is 0 Å². The molecule has 0 aliphatic heterocycles. The molecule has 0 saturated carbocycles. The predicted molar refractivity (Wildman–Crippen MR) is 69.5 cm³/mol. The van der Waals surface area contributed by atoms with Crippen molar-refractivity contribution in [3.63, 3.8) is 0 Å². The Morgan fingerprint density at radius 2 is 2.20 bits per heavy atom. The summed E-state index contributed by atoms with van der Waals surface area (Å²) < 4.78 is 6.66. The van der Waals surface area contributed by atoms with Crippen LogP contribution >= 0.6 is 27.3 Å². The molecule has 1 atom stereocenters. The first kappa shape index (κ1) is 13.2. The van der Waals surface area contributed by atoms with E-state index < -0.39 is 0 Å². The average molecular weight is 292 g/mol. The molecule has 1 N–H and O–H groups in total. The van der Waals surface area contributed by atoms with Crippen LogP contribution in [0.15, 0.2) is 15.9 Å². The van der Waals surface area contributed by atoms with Gasteiger partial charge in [0.1, 0.15) is 0 Å². The lowest BCUT2D eigenvalue weighted by Crippen LogP contribution is -2.24. The van der Waals surface area contributed by atoms with Crippen LogP contribution in [0.2, 0.25) is 0 Å². The highest BCUT2D eigenvalue weighted by Crippen LogP contribution is 2.28. The summed E-state index contributed by atoms with van der Waals surface area (Å²) in [7, 11) is 0. The number of ether oxygens (including phenoxy) is 1. The topological polar surface area (TPSA) is 21.3 Å². The van der Waals surface area contributed by atoms with E-state index >= 15 is 0 Å². The fourth-order valence-corrected chi connectivity index (χ4v) is 3.03. The van der Waals surface area contributed by atoms with Gasteiger partial charge >= 0.3 is 0 Å². The molecule has 1 aromatic heterocycles. The molecule has 0 aliphatic carbocycles. The summed E-state index contributed by atoms with van der Waals surface area (Å²) in [5.74, 6) is 0. The lowest BCUT2D eigenvalue weighted by Gasteiger charge is -2.14. The lowest BCUT2D eigenvalue weighted by molar-refractivity contribution is 0.0796. The van der Waals surface area contributed by atoms with Gasteiger partial charge in [-0.25, -0.2) is 0 Å². The van der Waals surface area contributed by atoms with E-state index in [0.717, 1.165) is 13.2 Å². The third kappa shape index (κ3) is 4.64. The quantitative estimate of drug-likeness (QED) is 0.809. The van der Waals surface area contributed by atoms with Crippen LogP contribution in [0.1, 0.15) is 31.7 Å². The van der Waals surface area contributed by atoms with Crippen molar-refractivity contribution >= 4 is 27.3 Å². The second-order valence-corrected chi connectivity index (χ2v) is 5.53. The van der Waals surface area contributed by atoms with Gasteiger partial charge in [-0.3, -0.25) is 0 Å². The van der Waals surface area contributed by atoms with E-state index in [1.54, 1.807) is 11.3 Å². The van der Waals surface area contributed by atoms with Crippen molar-refractivity contribution in [1.29, 1.82) is 0 Å². The van der Waals surface area contributed by atoms with Gasteiger partial charge in [-0.05, 0) is 48.1 Å². The Labute approximate surface area is 104 Å². The average Bonchev–Trinajstić information content (AvgIpc) is 2.58. The molecule has 0 bridgehead atoms. The van der Waals surface area contributed by atoms with Crippen LogP contribution in [-0.4, -0.2) is 19.3 Å². The molecule has 0 radical (unpaired) electrons. The molecule has 0 spiro atoms. The second kappa shape index (κ2) is 6.63. The molecule has 0 saturated heterocycles. The molecule has 15 heavy (non-hydrogen) atoms. The monoisotopic (exact) mass is 291 g/mol. The first-order valence-electron chi connectivity index (χ1n) is 5.19. The van der Waals surface area contributed by atoms with E-state index in [-0.39, 0.29) is 0 Å². The summed E-state index contributed by atoms with van der Waals surface area (Å²) >= 11 is 5.31. The van der Waals surface area contributed by atoms with Gasteiger partial charge in [-0.15, -0.1) is 11.3 Å². The van der Waals surface area contributed by atoms with Gasteiger partial charge < -0.3 is 10.1 Å². The van der Waals surface area contributed by atoms with Crippen LogP contribution in [0.25, 0.3) is 0 Å². The maximum Gasteiger partial charge on any atom is 0.0594 e. The molecule has 1 heterocycles. The Bertz CT molecular complexity index is 288. The molecule has 2 nitrogen and oxygen atoms in total. The highest BCUT2D eigenvalue weighted by molar-refractivity contribution is 9.10. The predicted octanol–water partition coefficient (Wildman–Crippen LogP) is 3.59. The molecule has 86 valence electrons. The number of hydrogen-bond donors (Lipinski definition) is 1. The van der Waals surface area contributed by atoms with Gasteiger partial charge in [0.15, 0.2) is 0 Å². The second-order valence-electron chi connectivity index (χ2n) is 3.73. The largest absolute Gasteiger partial charge is 0.377 e. The van der Waals surface area contributed by atoms with E-state index in [1.165, 1.54) is 9.35 Å². The van der Waals surface area contributed by atoms with Gasteiger partial charge in [0.25, 0.3) is 0 Å². The van der Waals surface area contributed by atoms with Crippen molar-refractivity contribution in [3.8, 4) is 0 Å². The van der Waals surface area contributed by atoms with Crippen molar-refractivity contribution in [2.45, 2.75) is 32.9 Å². The molecule has 1 rings (SSSR count). The van der Waals surface area contributed by atoms with E-state index in [1.807, 2.05) is 0 Å². The zero-order valence-electron chi connectivity index (χ0n) is 9.42. The summed E-state index contributed by atoms with van der Waals surface area (Å²) in [6, 6.07) is 2.47. The van der Waals surface area contributed by atoms with Gasteiger partial charge in [0.05, 0.1) is 12.7 Å². The zero-order chi connectivity index (χ0) is 11.3. The van der Waals surface area contributed by atoms with Crippen LogP contribution in [-0.2, 0) is 4.74 Å². The van der Waals surface area contributed by atoms with Crippen LogP contribution in [0.4, 0.5) is 0 Å². The standard InChI is InChI=1S/C11H18BrNOS/c1-8(2)14-6-5-13-9(3)11-10(12)4-7-15-11/h4,7-9,13H,5-6H2,1-3H3. The fourth-order valence-electron chi connectivity index (χ4n) is 1.28. The van der Waals surface area contributed by atoms with Crippen LogP contribution in [0, 0.1) is 0 Å². The number of rotatable bonds is 6. The van der Waals surface area contributed by atoms with Gasteiger partial charge in [-0.2, -0.15) is 0 Å². The summed E-state index contributed by atoms with van der Waals surface area (Å²) in [6.45, 7) is 7.94. The van der Waals surface area contributed by atoms with Gasteiger partial charge in [-0.1, -0.05) is 0 Å². The van der Waals surface area contributed by atoms with Gasteiger partial charge in [0, 0.05) is 21.9 Å². The molecule has 1 aromatic rings. The normalized spacial score (nSPS) is 13.4. The Hall–Kier alpha value is 0.100. The first-order chi connectivity index (χ1) is 7.11. The molecule has 0 aromatic carbocycles. The third-order valence-electron chi connectivity index (χ3n) is 2.04. The molecular formula is C11H18BrNOS. The van der Waals surface area contributed by atoms with Crippen LogP contribution < -0.4 is 5.32 Å². The van der Waals surface area contributed by atoms with Crippen molar-refractivity contribution in [1.82, 2.24) is 5.32 Å². The number of thiophene rings is 1. The Morgan fingerprint density at radius 3 is 2.73 bits per heavy atom. The molecule has 0 fully saturated rings. The van der Waals surface area contributed by atoms with E-state index in [0.29, 0.717) is 12.1 Å². The van der Waals surface area contributed by atoms with Crippen molar-refractivity contribution in [2.75, 3.05) is 13.2 Å². The number of nitrogens with one attached hydrogen (secondary N) is 1. The zero-order valence-corrected chi connectivity index (χ0v) is 11.8. The Balaban J connectivity index is 2.25. The molecule has 0 aliphatic rings. The molecule has 4 heteroatoms. The minimum Gasteiger partial charge on any atom is -0.377 e. The SMILES string of the molecule is CC(C)OCCNC(C)c1sccc1Br. The summed E-state index contributed by atoms with van der Waals surface area (Å²) in [5.41, 5.74) is 0. The summed E-state index contributed by atoms with van der Waals surface area (Å²) in [5, 5.41) is 5.54.